The van der Waals surface area contributed by atoms with E-state index in [0.29, 0.717) is 11.0 Å². The molecule has 2 rings (SSSR count). The Morgan fingerprint density at radius 1 is 1.50 bits per heavy atom. The highest BCUT2D eigenvalue weighted by Gasteiger charge is 2.06. The van der Waals surface area contributed by atoms with Crippen LogP contribution in [0.3, 0.4) is 0 Å². The standard InChI is InChI=1S/C12H13BrN4O/c1-2-15-11-9(4-3-5-16-11)7-17-8-14-6-10(13)12(17)18/h3-6,8H,2,7H2,1H3,(H,15,16). The zero-order valence-corrected chi connectivity index (χ0v) is 11.5. The van der Waals surface area contributed by atoms with E-state index < -0.39 is 0 Å². The van der Waals surface area contributed by atoms with Crippen molar-refractivity contribution in [3.8, 4) is 0 Å². The van der Waals surface area contributed by atoms with Gasteiger partial charge in [0, 0.05) is 24.5 Å². The van der Waals surface area contributed by atoms with Gasteiger partial charge in [-0.15, -0.1) is 0 Å². The van der Waals surface area contributed by atoms with Gasteiger partial charge in [-0.05, 0) is 28.9 Å². The molecule has 2 aromatic heterocycles. The number of nitrogens with zero attached hydrogens (tertiary/aromatic N) is 3. The number of hydrogen-bond acceptors (Lipinski definition) is 4. The van der Waals surface area contributed by atoms with Crippen LogP contribution in [0.2, 0.25) is 0 Å². The van der Waals surface area contributed by atoms with Gasteiger partial charge in [-0.3, -0.25) is 9.36 Å². The van der Waals surface area contributed by atoms with Gasteiger partial charge < -0.3 is 5.32 Å². The number of pyridine rings is 1. The van der Waals surface area contributed by atoms with Gasteiger partial charge >= 0.3 is 0 Å². The molecule has 0 atom stereocenters. The number of rotatable bonds is 4. The molecule has 0 saturated heterocycles. The summed E-state index contributed by atoms with van der Waals surface area (Å²) in [7, 11) is 0. The lowest BCUT2D eigenvalue weighted by molar-refractivity contribution is 0.729. The Balaban J connectivity index is 2.34. The van der Waals surface area contributed by atoms with Gasteiger partial charge in [-0.2, -0.15) is 0 Å². The number of aromatic nitrogens is 3. The summed E-state index contributed by atoms with van der Waals surface area (Å²) in [6, 6.07) is 3.80. The van der Waals surface area contributed by atoms with Crippen LogP contribution in [-0.4, -0.2) is 21.1 Å². The molecule has 0 aromatic carbocycles. The average Bonchev–Trinajstić information content (AvgIpc) is 2.37. The lowest BCUT2D eigenvalue weighted by Crippen LogP contribution is -2.22. The van der Waals surface area contributed by atoms with Gasteiger partial charge in [0.2, 0.25) is 0 Å². The quantitative estimate of drug-likeness (QED) is 0.937. The first-order valence-electron chi connectivity index (χ1n) is 5.60. The number of hydrogen-bond donors (Lipinski definition) is 1. The first-order chi connectivity index (χ1) is 8.72. The van der Waals surface area contributed by atoms with E-state index in [1.807, 2.05) is 19.1 Å². The van der Waals surface area contributed by atoms with E-state index in [2.05, 4.69) is 31.2 Å². The smallest absolute Gasteiger partial charge is 0.267 e. The van der Waals surface area contributed by atoms with E-state index >= 15 is 0 Å². The van der Waals surface area contributed by atoms with Gasteiger partial charge in [0.15, 0.2) is 0 Å². The molecular weight excluding hydrogens is 296 g/mol. The highest BCUT2D eigenvalue weighted by atomic mass is 79.9. The lowest BCUT2D eigenvalue weighted by atomic mass is 10.2. The van der Waals surface area contributed by atoms with Crippen molar-refractivity contribution in [2.45, 2.75) is 13.5 Å². The first-order valence-corrected chi connectivity index (χ1v) is 6.39. The minimum Gasteiger partial charge on any atom is -0.370 e. The molecule has 0 aliphatic heterocycles. The predicted octanol–water partition coefficient (Wildman–Crippen LogP) is 1.88. The van der Waals surface area contributed by atoms with Gasteiger partial charge in [0.05, 0.1) is 12.9 Å². The van der Waals surface area contributed by atoms with E-state index in [1.54, 1.807) is 10.8 Å². The minimum absolute atomic E-state index is 0.101. The molecular formula is C12H13BrN4O. The molecule has 2 heterocycles. The van der Waals surface area contributed by atoms with Crippen LogP contribution in [0.5, 0.6) is 0 Å². The van der Waals surface area contributed by atoms with Crippen LogP contribution < -0.4 is 10.9 Å². The molecule has 0 radical (unpaired) electrons. The normalized spacial score (nSPS) is 10.3. The number of anilines is 1. The Hall–Kier alpha value is -1.69. The van der Waals surface area contributed by atoms with E-state index in [-0.39, 0.29) is 5.56 Å². The van der Waals surface area contributed by atoms with Crippen LogP contribution in [0, 0.1) is 0 Å². The van der Waals surface area contributed by atoms with E-state index in [4.69, 9.17) is 0 Å². The van der Waals surface area contributed by atoms with Crippen molar-refractivity contribution >= 4 is 21.7 Å². The van der Waals surface area contributed by atoms with Crippen molar-refractivity contribution in [2.75, 3.05) is 11.9 Å². The average molecular weight is 309 g/mol. The molecule has 94 valence electrons. The molecule has 0 amide bonds. The third-order valence-electron chi connectivity index (χ3n) is 2.44. The molecule has 0 saturated carbocycles. The van der Waals surface area contributed by atoms with Crippen molar-refractivity contribution in [2.24, 2.45) is 0 Å². The molecule has 0 unspecified atom stereocenters. The molecule has 5 nitrogen and oxygen atoms in total. The third-order valence-corrected chi connectivity index (χ3v) is 2.98. The Bertz CT molecular complexity index is 597. The molecule has 0 fully saturated rings. The van der Waals surface area contributed by atoms with E-state index in [0.717, 1.165) is 17.9 Å². The van der Waals surface area contributed by atoms with Crippen LogP contribution in [0.25, 0.3) is 0 Å². The summed E-state index contributed by atoms with van der Waals surface area (Å²) in [4.78, 5) is 20.1. The Morgan fingerprint density at radius 2 is 2.33 bits per heavy atom. The van der Waals surface area contributed by atoms with Crippen molar-refractivity contribution in [3.05, 3.63) is 51.2 Å². The van der Waals surface area contributed by atoms with Crippen LogP contribution in [-0.2, 0) is 6.54 Å². The topological polar surface area (TPSA) is 59.8 Å². The summed E-state index contributed by atoms with van der Waals surface area (Å²) in [5.74, 6) is 0.798. The van der Waals surface area contributed by atoms with Gasteiger partial charge in [-0.1, -0.05) is 6.07 Å². The molecule has 1 N–H and O–H groups in total. The van der Waals surface area contributed by atoms with Crippen LogP contribution >= 0.6 is 15.9 Å². The second-order valence-corrected chi connectivity index (χ2v) is 4.57. The minimum atomic E-state index is -0.101. The Morgan fingerprint density at radius 3 is 3.11 bits per heavy atom. The summed E-state index contributed by atoms with van der Waals surface area (Å²) in [5.41, 5.74) is 0.859. The molecule has 18 heavy (non-hydrogen) atoms. The molecule has 0 spiro atoms. The molecule has 0 bridgehead atoms. The highest BCUT2D eigenvalue weighted by molar-refractivity contribution is 9.10. The Kier molecular flexibility index (Phi) is 4.09. The zero-order valence-electron chi connectivity index (χ0n) is 9.93. The molecule has 6 heteroatoms. The van der Waals surface area contributed by atoms with Crippen LogP contribution in [0.15, 0.2) is 40.1 Å². The van der Waals surface area contributed by atoms with E-state index in [1.165, 1.54) is 12.5 Å². The number of nitrogens with one attached hydrogen (secondary N) is 1. The maximum absolute atomic E-state index is 11.9. The largest absolute Gasteiger partial charge is 0.370 e. The van der Waals surface area contributed by atoms with Crippen molar-refractivity contribution < 1.29 is 0 Å². The second kappa shape index (κ2) is 5.77. The predicted molar refractivity (Wildman–Crippen MR) is 73.7 cm³/mol. The van der Waals surface area contributed by atoms with E-state index in [9.17, 15) is 4.79 Å². The van der Waals surface area contributed by atoms with Crippen LogP contribution in [0.4, 0.5) is 5.82 Å². The summed E-state index contributed by atoms with van der Waals surface area (Å²) in [6.07, 6.45) is 4.74. The first kappa shape index (κ1) is 12.8. The molecule has 0 aliphatic carbocycles. The fourth-order valence-corrected chi connectivity index (χ4v) is 1.96. The Labute approximate surface area is 113 Å². The summed E-state index contributed by atoms with van der Waals surface area (Å²) < 4.78 is 2.00. The lowest BCUT2D eigenvalue weighted by Gasteiger charge is -2.10. The fraction of sp³-hybridized carbons (Fsp3) is 0.250. The van der Waals surface area contributed by atoms with Crippen molar-refractivity contribution in [1.82, 2.24) is 14.5 Å². The molecule has 0 aliphatic rings. The van der Waals surface area contributed by atoms with Gasteiger partial charge in [0.25, 0.3) is 5.56 Å². The summed E-state index contributed by atoms with van der Waals surface area (Å²) >= 11 is 3.18. The third kappa shape index (κ3) is 2.76. The van der Waals surface area contributed by atoms with Crippen molar-refractivity contribution in [1.29, 1.82) is 0 Å². The highest BCUT2D eigenvalue weighted by Crippen LogP contribution is 2.12. The number of halogens is 1. The van der Waals surface area contributed by atoms with Crippen LogP contribution in [0.1, 0.15) is 12.5 Å². The zero-order chi connectivity index (χ0) is 13.0. The summed E-state index contributed by atoms with van der Waals surface area (Å²) in [5, 5.41) is 3.17. The maximum atomic E-state index is 11.9. The van der Waals surface area contributed by atoms with Crippen molar-refractivity contribution in [3.63, 3.8) is 0 Å². The van der Waals surface area contributed by atoms with Gasteiger partial charge in [0.1, 0.15) is 10.3 Å². The monoisotopic (exact) mass is 308 g/mol. The fourth-order valence-electron chi connectivity index (χ4n) is 1.61. The second-order valence-electron chi connectivity index (χ2n) is 3.72. The molecule has 2 aromatic rings. The SMILES string of the molecule is CCNc1ncccc1Cn1cncc(Br)c1=O. The summed E-state index contributed by atoms with van der Waals surface area (Å²) in [6.45, 7) is 3.24. The van der Waals surface area contributed by atoms with Gasteiger partial charge in [-0.25, -0.2) is 9.97 Å². The maximum Gasteiger partial charge on any atom is 0.267 e.